The predicted molar refractivity (Wildman–Crippen MR) is 256 cm³/mol. The molecule has 0 amide bonds. The molecule has 1 saturated heterocycles. The summed E-state index contributed by atoms with van der Waals surface area (Å²) in [6.45, 7) is 3.74. The van der Waals surface area contributed by atoms with Gasteiger partial charge in [-0.15, -0.1) is 0 Å². The maximum absolute atomic E-state index is 12.8. The highest BCUT2D eigenvalue weighted by Gasteiger charge is 2.46. The van der Waals surface area contributed by atoms with Gasteiger partial charge in [-0.1, -0.05) is 179 Å². The summed E-state index contributed by atoms with van der Waals surface area (Å²) >= 11 is 0. The molecule has 13 heteroatoms. The van der Waals surface area contributed by atoms with E-state index in [1.54, 1.807) is 0 Å². The molecule has 0 aromatic carbocycles. The maximum Gasteiger partial charge on any atom is 0.306 e. The molecule has 1 rings (SSSR count). The van der Waals surface area contributed by atoms with E-state index in [0.29, 0.717) is 12.8 Å². The summed E-state index contributed by atoms with van der Waals surface area (Å²) in [4.78, 5) is 25.5. The summed E-state index contributed by atoms with van der Waals surface area (Å²) in [7, 11) is -4.61. The minimum Gasteiger partial charge on any atom is -0.462 e. The molecule has 64 heavy (non-hydrogen) atoms. The van der Waals surface area contributed by atoms with Gasteiger partial charge in [0.15, 0.2) is 12.4 Å². The Balaban J connectivity index is 2.37. The zero-order valence-electron chi connectivity index (χ0n) is 40.1. The highest BCUT2D eigenvalue weighted by atomic mass is 32.2. The van der Waals surface area contributed by atoms with Gasteiger partial charge in [-0.05, 0) is 64.2 Å². The molecule has 1 aliphatic rings. The number of esters is 2. The second-order valence-electron chi connectivity index (χ2n) is 17.9. The number of aliphatic hydroxyl groups is 3. The molecule has 6 atom stereocenters. The molecule has 0 aromatic heterocycles. The summed E-state index contributed by atoms with van der Waals surface area (Å²) in [5, 5.41) is 30.9. The Morgan fingerprint density at radius 2 is 0.938 bits per heavy atom. The summed E-state index contributed by atoms with van der Waals surface area (Å²) in [6.07, 6.45) is 39.0. The summed E-state index contributed by atoms with van der Waals surface area (Å²) in [5.41, 5.74) is 0. The van der Waals surface area contributed by atoms with Crippen LogP contribution in [0.3, 0.4) is 0 Å². The number of hydrogen-bond acceptors (Lipinski definition) is 11. The first-order valence-corrected chi connectivity index (χ1v) is 27.2. The zero-order chi connectivity index (χ0) is 46.9. The van der Waals surface area contributed by atoms with E-state index in [0.717, 1.165) is 57.8 Å². The normalized spacial score (nSPS) is 19.9. The molecule has 2 unspecified atom stereocenters. The van der Waals surface area contributed by atoms with E-state index < -0.39 is 71.2 Å². The van der Waals surface area contributed by atoms with E-state index in [4.69, 9.17) is 18.9 Å². The van der Waals surface area contributed by atoms with E-state index >= 15 is 0 Å². The molecule has 374 valence electrons. The van der Waals surface area contributed by atoms with Crippen molar-refractivity contribution in [3.63, 3.8) is 0 Å². The van der Waals surface area contributed by atoms with Crippen LogP contribution in [-0.2, 0) is 38.7 Å². The number of aliphatic hydroxyl groups excluding tert-OH is 3. The number of unbranched alkanes of at least 4 members (excludes halogenated alkanes) is 26. The zero-order valence-corrected chi connectivity index (χ0v) is 41.0. The minimum atomic E-state index is -4.61. The molecule has 0 radical (unpaired) electrons. The van der Waals surface area contributed by atoms with E-state index in [2.05, 4.69) is 50.3 Å². The Labute approximate surface area is 389 Å². The smallest absolute Gasteiger partial charge is 0.306 e. The topological polar surface area (TPSA) is 186 Å². The third-order valence-corrected chi connectivity index (χ3v) is 12.5. The number of ether oxygens (including phenoxy) is 4. The van der Waals surface area contributed by atoms with Crippen LogP contribution in [0.5, 0.6) is 0 Å². The van der Waals surface area contributed by atoms with Gasteiger partial charge < -0.3 is 34.3 Å². The van der Waals surface area contributed by atoms with Crippen LogP contribution in [0.2, 0.25) is 0 Å². The average molecular weight is 929 g/mol. The average Bonchev–Trinajstić information content (AvgIpc) is 3.26. The fraction of sp³-hybridized carbons (Fsp3) is 0.843. The lowest BCUT2D eigenvalue weighted by molar-refractivity contribution is -0.297. The monoisotopic (exact) mass is 929 g/mol. The second-order valence-corrected chi connectivity index (χ2v) is 19.4. The Morgan fingerprint density at radius 3 is 1.41 bits per heavy atom. The third-order valence-electron chi connectivity index (χ3n) is 11.7. The lowest BCUT2D eigenvalue weighted by Gasteiger charge is -2.40. The van der Waals surface area contributed by atoms with Crippen molar-refractivity contribution in [1.29, 1.82) is 0 Å². The fourth-order valence-corrected chi connectivity index (χ4v) is 8.41. The summed E-state index contributed by atoms with van der Waals surface area (Å²) in [5.74, 6) is -2.00. The van der Waals surface area contributed by atoms with Crippen LogP contribution >= 0.6 is 0 Å². The molecule has 1 fully saturated rings. The molecule has 0 spiro atoms. The quantitative estimate of drug-likeness (QED) is 0.0149. The number of allylic oxidation sites excluding steroid dienone is 6. The van der Waals surface area contributed by atoms with Crippen LogP contribution in [-0.4, -0.2) is 96.0 Å². The Bertz CT molecular complexity index is 1320. The van der Waals surface area contributed by atoms with Crippen molar-refractivity contribution in [2.24, 2.45) is 0 Å². The largest absolute Gasteiger partial charge is 0.462 e. The third kappa shape index (κ3) is 35.1. The molecule has 0 aliphatic carbocycles. The van der Waals surface area contributed by atoms with E-state index in [1.165, 1.54) is 122 Å². The molecule has 1 heterocycles. The molecular formula is C51H92O12S. The van der Waals surface area contributed by atoms with Crippen LogP contribution in [0.25, 0.3) is 0 Å². The standard InChI is InChI=1S/C51H92O12S/c1-3-5-7-9-11-13-15-17-19-20-21-22-23-24-26-27-29-31-33-35-37-39-46(52)60-41-44(42-61-51-50(56)49(55)48(54)45(63-51)43-64(57,58)59)62-47(53)40-38-36-34-32-30-28-25-18-16-14-12-10-8-6-4-2/h14,16-19,25,44-45,48-51,54-56H,3-13,15,20-24,26-43H2,1-2H3,(H,57,58,59)/b16-14+,19-17+,25-18+/t44-,45-,48-,49?,50?,51+/m1/s1. The predicted octanol–water partition coefficient (Wildman–Crippen LogP) is 11.3. The van der Waals surface area contributed by atoms with Crippen molar-refractivity contribution in [1.82, 2.24) is 0 Å². The van der Waals surface area contributed by atoms with Gasteiger partial charge in [0.1, 0.15) is 36.8 Å². The van der Waals surface area contributed by atoms with Crippen LogP contribution in [0, 0.1) is 0 Å². The molecular weight excluding hydrogens is 837 g/mol. The van der Waals surface area contributed by atoms with Gasteiger partial charge in [0.25, 0.3) is 10.1 Å². The summed E-state index contributed by atoms with van der Waals surface area (Å²) < 4.78 is 54.2. The van der Waals surface area contributed by atoms with Gasteiger partial charge in [-0.25, -0.2) is 0 Å². The molecule has 0 aromatic rings. The SMILES string of the molecule is CCCCCC/C=C/C=C/CCCCCCCC(=O)O[C@H](COC(=O)CCCCCCCCCCCCC/C=C/CCCCCCCC)CO[C@H]1O[C@H](CS(=O)(=O)O)[C@@H](O)C(O)C1O. The lowest BCUT2D eigenvalue weighted by atomic mass is 10.00. The fourth-order valence-electron chi connectivity index (χ4n) is 7.72. The molecule has 4 N–H and O–H groups in total. The van der Waals surface area contributed by atoms with Crippen LogP contribution in [0.4, 0.5) is 0 Å². The highest BCUT2D eigenvalue weighted by molar-refractivity contribution is 7.85. The lowest BCUT2D eigenvalue weighted by Crippen LogP contribution is -2.60. The second kappa shape index (κ2) is 41.1. The van der Waals surface area contributed by atoms with Crippen molar-refractivity contribution in [2.45, 2.75) is 256 Å². The summed E-state index contributed by atoms with van der Waals surface area (Å²) in [6, 6.07) is 0. The number of hydrogen-bond donors (Lipinski definition) is 4. The van der Waals surface area contributed by atoms with Gasteiger partial charge in [0.2, 0.25) is 0 Å². The van der Waals surface area contributed by atoms with E-state index in [1.807, 2.05) is 0 Å². The highest BCUT2D eigenvalue weighted by Crippen LogP contribution is 2.24. The van der Waals surface area contributed by atoms with Crippen LogP contribution < -0.4 is 0 Å². The van der Waals surface area contributed by atoms with Crippen LogP contribution in [0.15, 0.2) is 36.5 Å². The van der Waals surface area contributed by atoms with E-state index in [9.17, 15) is 37.9 Å². The molecule has 12 nitrogen and oxygen atoms in total. The van der Waals surface area contributed by atoms with Crippen molar-refractivity contribution < 1.29 is 56.8 Å². The first-order valence-electron chi connectivity index (χ1n) is 25.6. The van der Waals surface area contributed by atoms with Crippen molar-refractivity contribution in [3.8, 4) is 0 Å². The van der Waals surface area contributed by atoms with Gasteiger partial charge >= 0.3 is 11.9 Å². The van der Waals surface area contributed by atoms with Gasteiger partial charge in [0, 0.05) is 12.8 Å². The minimum absolute atomic E-state index is 0.147. The first-order chi connectivity index (χ1) is 31.0. The number of carbonyl (C=O) groups excluding carboxylic acids is 2. The van der Waals surface area contributed by atoms with Gasteiger partial charge in [-0.3, -0.25) is 14.1 Å². The van der Waals surface area contributed by atoms with Gasteiger partial charge in [0.05, 0.1) is 6.61 Å². The molecule has 1 aliphatic heterocycles. The first kappa shape index (κ1) is 59.9. The molecule has 0 saturated carbocycles. The van der Waals surface area contributed by atoms with Crippen LogP contribution in [0.1, 0.15) is 219 Å². The Kier molecular flexibility index (Phi) is 38.4. The van der Waals surface area contributed by atoms with E-state index in [-0.39, 0.29) is 19.4 Å². The van der Waals surface area contributed by atoms with Crippen molar-refractivity contribution in [3.05, 3.63) is 36.5 Å². The van der Waals surface area contributed by atoms with Crippen molar-refractivity contribution >= 4 is 22.1 Å². The maximum atomic E-state index is 12.8. The Morgan fingerprint density at radius 1 is 0.531 bits per heavy atom. The van der Waals surface area contributed by atoms with Crippen molar-refractivity contribution in [2.75, 3.05) is 19.0 Å². The van der Waals surface area contributed by atoms with Gasteiger partial charge in [-0.2, -0.15) is 8.42 Å². The molecule has 0 bridgehead atoms. The Hall–Kier alpha value is -2.13. The number of carbonyl (C=O) groups is 2. The number of rotatable bonds is 43.